The van der Waals surface area contributed by atoms with Gasteiger partial charge in [0.2, 0.25) is 0 Å². The molecule has 0 amide bonds. The highest BCUT2D eigenvalue weighted by atomic mass is 32.2. The van der Waals surface area contributed by atoms with Gasteiger partial charge in [-0.1, -0.05) is 18.2 Å². The van der Waals surface area contributed by atoms with Gasteiger partial charge in [-0.15, -0.1) is 0 Å². The van der Waals surface area contributed by atoms with Crippen molar-refractivity contribution in [2.24, 2.45) is 0 Å². The summed E-state index contributed by atoms with van der Waals surface area (Å²) in [5.41, 5.74) is -1.22. The molecule has 1 aromatic carbocycles. The fourth-order valence-corrected chi connectivity index (χ4v) is 2.07. The van der Waals surface area contributed by atoms with Gasteiger partial charge >= 0.3 is 16.1 Å². The monoisotopic (exact) mass is 214 g/mol. The van der Waals surface area contributed by atoms with Gasteiger partial charge in [-0.25, -0.2) is 4.79 Å². The summed E-state index contributed by atoms with van der Waals surface area (Å²) in [5, 5.41) is 0. The van der Waals surface area contributed by atoms with Crippen molar-refractivity contribution >= 4 is 16.1 Å². The highest BCUT2D eigenvalue weighted by molar-refractivity contribution is 7.85. The van der Waals surface area contributed by atoms with E-state index in [1.54, 1.807) is 12.1 Å². The summed E-state index contributed by atoms with van der Waals surface area (Å²) < 4.78 is 34.9. The van der Waals surface area contributed by atoms with E-state index in [9.17, 15) is 13.2 Å². The van der Waals surface area contributed by atoms with Gasteiger partial charge in [0.05, 0.1) is 5.56 Å². The largest absolute Gasteiger partial charge is 0.435 e. The van der Waals surface area contributed by atoms with Gasteiger partial charge in [0.1, 0.15) is 0 Å². The Balaban J connectivity index is 2.61. The summed E-state index contributed by atoms with van der Waals surface area (Å²) in [6.45, 7) is 0. The standard InChI is InChI=1S/C8H6O5S/c9-7-5-3-1-2-4-6(5)8(13-7)14(10,11)12/h1-4,8H,(H,10,11,12). The molecule has 74 valence electrons. The summed E-state index contributed by atoms with van der Waals surface area (Å²) >= 11 is 0. The van der Waals surface area contributed by atoms with Crippen molar-refractivity contribution in [1.82, 2.24) is 0 Å². The van der Waals surface area contributed by atoms with E-state index in [0.717, 1.165) is 0 Å². The van der Waals surface area contributed by atoms with Crippen LogP contribution in [0, 0.1) is 0 Å². The van der Waals surface area contributed by atoms with E-state index < -0.39 is 21.5 Å². The van der Waals surface area contributed by atoms with Gasteiger partial charge in [0, 0.05) is 5.56 Å². The second-order valence-corrected chi connectivity index (χ2v) is 4.30. The van der Waals surface area contributed by atoms with Crippen LogP contribution in [0.2, 0.25) is 0 Å². The number of esters is 1. The van der Waals surface area contributed by atoms with Crippen LogP contribution in [0.15, 0.2) is 24.3 Å². The van der Waals surface area contributed by atoms with Crippen LogP contribution in [0.1, 0.15) is 21.4 Å². The number of cyclic esters (lactones) is 1. The third-order valence-electron chi connectivity index (χ3n) is 1.92. The van der Waals surface area contributed by atoms with Crippen molar-refractivity contribution in [3.05, 3.63) is 35.4 Å². The molecule has 0 saturated heterocycles. The number of carbonyl (C=O) groups excluding carboxylic acids is 1. The molecule has 1 aliphatic rings. The first-order valence-electron chi connectivity index (χ1n) is 3.76. The third-order valence-corrected chi connectivity index (χ3v) is 2.81. The zero-order chi connectivity index (χ0) is 10.3. The quantitative estimate of drug-likeness (QED) is 0.551. The first-order chi connectivity index (χ1) is 6.50. The SMILES string of the molecule is O=C1OC(S(=O)(=O)O)c2ccccc21. The molecule has 0 spiro atoms. The summed E-state index contributed by atoms with van der Waals surface area (Å²) in [6, 6.07) is 6.03. The molecular weight excluding hydrogens is 208 g/mol. The number of rotatable bonds is 1. The van der Waals surface area contributed by atoms with Crippen LogP contribution in [0.3, 0.4) is 0 Å². The van der Waals surface area contributed by atoms with Gasteiger partial charge in [-0.3, -0.25) is 4.55 Å². The molecule has 1 heterocycles. The molecule has 5 nitrogen and oxygen atoms in total. The number of fused-ring (bicyclic) bond motifs is 1. The predicted octanol–water partition coefficient (Wildman–Crippen LogP) is 0.743. The maximum atomic E-state index is 11.1. The Labute approximate surface area is 80.1 Å². The van der Waals surface area contributed by atoms with Crippen molar-refractivity contribution < 1.29 is 22.5 Å². The van der Waals surface area contributed by atoms with Crippen molar-refractivity contribution in [2.75, 3.05) is 0 Å². The van der Waals surface area contributed by atoms with Crippen LogP contribution in [-0.4, -0.2) is 18.9 Å². The molecule has 0 fully saturated rings. The molecule has 1 aromatic rings. The molecular formula is C8H6O5S. The Kier molecular flexibility index (Phi) is 1.83. The van der Waals surface area contributed by atoms with Gasteiger partial charge in [0.25, 0.3) is 5.44 Å². The fourth-order valence-electron chi connectivity index (χ4n) is 1.33. The summed E-state index contributed by atoms with van der Waals surface area (Å²) in [4.78, 5) is 11.1. The van der Waals surface area contributed by atoms with Crippen LogP contribution in [0.25, 0.3) is 0 Å². The lowest BCUT2D eigenvalue weighted by atomic mass is 10.1. The van der Waals surface area contributed by atoms with Crippen molar-refractivity contribution in [2.45, 2.75) is 5.44 Å². The minimum atomic E-state index is -4.39. The van der Waals surface area contributed by atoms with E-state index in [2.05, 4.69) is 4.74 Å². The molecule has 0 bridgehead atoms. The number of ether oxygens (including phenoxy) is 1. The molecule has 0 saturated carbocycles. The second kappa shape index (κ2) is 2.79. The van der Waals surface area contributed by atoms with Crippen molar-refractivity contribution in [3.63, 3.8) is 0 Å². The summed E-state index contributed by atoms with van der Waals surface area (Å²) in [5.74, 6) is -0.733. The molecule has 6 heteroatoms. The summed E-state index contributed by atoms with van der Waals surface area (Å²) in [6.07, 6.45) is 0. The maximum absolute atomic E-state index is 11.1. The Morgan fingerprint density at radius 1 is 1.29 bits per heavy atom. The van der Waals surface area contributed by atoms with E-state index in [1.165, 1.54) is 12.1 Å². The Hall–Kier alpha value is -1.40. The zero-order valence-electron chi connectivity index (χ0n) is 6.88. The van der Waals surface area contributed by atoms with Crippen molar-refractivity contribution in [3.8, 4) is 0 Å². The van der Waals surface area contributed by atoms with E-state index >= 15 is 0 Å². The maximum Gasteiger partial charge on any atom is 0.340 e. The Bertz CT molecular complexity index is 490. The van der Waals surface area contributed by atoms with E-state index in [-0.39, 0.29) is 11.1 Å². The van der Waals surface area contributed by atoms with Gasteiger partial charge in [-0.2, -0.15) is 8.42 Å². The highest BCUT2D eigenvalue weighted by Crippen LogP contribution is 2.33. The lowest BCUT2D eigenvalue weighted by Crippen LogP contribution is -2.11. The molecule has 1 atom stereocenters. The minimum absolute atomic E-state index is 0.176. The average molecular weight is 214 g/mol. The van der Waals surface area contributed by atoms with E-state index in [1.807, 2.05) is 0 Å². The predicted molar refractivity (Wildman–Crippen MR) is 46.1 cm³/mol. The molecule has 1 N–H and O–H groups in total. The first kappa shape index (κ1) is 9.17. The molecule has 0 aliphatic carbocycles. The number of benzene rings is 1. The molecule has 14 heavy (non-hydrogen) atoms. The molecule has 2 rings (SSSR count). The molecule has 0 aromatic heterocycles. The van der Waals surface area contributed by atoms with E-state index in [0.29, 0.717) is 0 Å². The van der Waals surface area contributed by atoms with Crippen LogP contribution in [0.5, 0.6) is 0 Å². The number of hydrogen-bond acceptors (Lipinski definition) is 4. The molecule has 1 aliphatic heterocycles. The molecule has 0 radical (unpaired) electrons. The third kappa shape index (κ3) is 1.28. The minimum Gasteiger partial charge on any atom is -0.435 e. The Morgan fingerprint density at radius 2 is 1.93 bits per heavy atom. The van der Waals surface area contributed by atoms with Gasteiger partial charge in [0.15, 0.2) is 0 Å². The average Bonchev–Trinajstić information content (AvgIpc) is 2.44. The summed E-state index contributed by atoms with van der Waals surface area (Å²) in [7, 11) is -4.39. The molecule has 1 unspecified atom stereocenters. The highest BCUT2D eigenvalue weighted by Gasteiger charge is 2.38. The fraction of sp³-hybridized carbons (Fsp3) is 0.125. The van der Waals surface area contributed by atoms with E-state index in [4.69, 9.17) is 4.55 Å². The Morgan fingerprint density at radius 3 is 2.57 bits per heavy atom. The van der Waals surface area contributed by atoms with Crippen LogP contribution >= 0.6 is 0 Å². The van der Waals surface area contributed by atoms with Gasteiger partial charge in [-0.05, 0) is 6.07 Å². The van der Waals surface area contributed by atoms with Crippen molar-refractivity contribution in [1.29, 1.82) is 0 Å². The topological polar surface area (TPSA) is 80.7 Å². The lowest BCUT2D eigenvalue weighted by molar-refractivity contribution is 0.0497. The van der Waals surface area contributed by atoms with Crippen LogP contribution < -0.4 is 0 Å². The first-order valence-corrected chi connectivity index (χ1v) is 5.26. The number of carbonyl (C=O) groups is 1. The van der Waals surface area contributed by atoms with Crippen LogP contribution in [0.4, 0.5) is 0 Å². The second-order valence-electron chi connectivity index (χ2n) is 2.84. The zero-order valence-corrected chi connectivity index (χ0v) is 7.69. The van der Waals surface area contributed by atoms with Crippen LogP contribution in [-0.2, 0) is 14.9 Å². The lowest BCUT2D eigenvalue weighted by Gasteiger charge is -2.05. The smallest absolute Gasteiger partial charge is 0.340 e. The van der Waals surface area contributed by atoms with Gasteiger partial charge < -0.3 is 4.74 Å². The number of hydrogen-bond donors (Lipinski definition) is 1. The normalized spacial score (nSPS) is 20.4.